The van der Waals surface area contributed by atoms with Gasteiger partial charge in [0.05, 0.1) is 22.2 Å². The fourth-order valence-corrected chi connectivity index (χ4v) is 7.00. The van der Waals surface area contributed by atoms with Crippen molar-refractivity contribution in [3.8, 4) is 5.69 Å². The van der Waals surface area contributed by atoms with Gasteiger partial charge in [0.2, 0.25) is 0 Å². The van der Waals surface area contributed by atoms with Crippen molar-refractivity contribution in [3.05, 3.63) is 156 Å². The van der Waals surface area contributed by atoms with E-state index in [9.17, 15) is 0 Å². The Morgan fingerprint density at radius 3 is 2.10 bits per heavy atom. The van der Waals surface area contributed by atoms with Crippen LogP contribution in [0.15, 0.2) is 122 Å². The average Bonchev–Trinajstić information content (AvgIpc) is 3.53. The molecule has 0 N–H and O–H groups in total. The summed E-state index contributed by atoms with van der Waals surface area (Å²) >= 11 is 0. The van der Waals surface area contributed by atoms with E-state index in [0.717, 1.165) is 29.9 Å². The van der Waals surface area contributed by atoms with Crippen LogP contribution >= 0.6 is 0 Å². The highest BCUT2D eigenvalue weighted by molar-refractivity contribution is 6.13. The van der Waals surface area contributed by atoms with E-state index in [1.807, 2.05) is 12.2 Å². The molecule has 0 saturated carbocycles. The van der Waals surface area contributed by atoms with Crippen LogP contribution in [0.4, 0.5) is 0 Å². The van der Waals surface area contributed by atoms with Crippen LogP contribution in [0.3, 0.4) is 0 Å². The Labute approximate surface area is 247 Å². The molecule has 0 aliphatic heterocycles. The maximum absolute atomic E-state index is 4.24. The zero-order valence-electron chi connectivity index (χ0n) is 24.3. The summed E-state index contributed by atoms with van der Waals surface area (Å²) in [6.07, 6.45) is 16.4. The maximum Gasteiger partial charge on any atom is 0.0544 e. The van der Waals surface area contributed by atoms with Gasteiger partial charge in [-0.3, -0.25) is 0 Å². The number of aromatic nitrogens is 2. The van der Waals surface area contributed by atoms with Gasteiger partial charge in [0.25, 0.3) is 0 Å². The zero-order valence-corrected chi connectivity index (χ0v) is 24.3. The van der Waals surface area contributed by atoms with Crippen LogP contribution in [-0.2, 0) is 12.8 Å². The molecule has 42 heavy (non-hydrogen) atoms. The van der Waals surface area contributed by atoms with Crippen LogP contribution in [0, 0.1) is 0 Å². The number of nitrogens with zero attached hydrogens (tertiary/aromatic N) is 2. The first-order valence-electron chi connectivity index (χ1n) is 14.7. The molecular weight excluding hydrogens is 508 g/mol. The van der Waals surface area contributed by atoms with Gasteiger partial charge in [-0.15, -0.1) is 0 Å². The van der Waals surface area contributed by atoms with Crippen molar-refractivity contribution in [1.82, 2.24) is 9.13 Å². The van der Waals surface area contributed by atoms with E-state index in [0.29, 0.717) is 0 Å². The third kappa shape index (κ3) is 3.79. The lowest BCUT2D eigenvalue weighted by Crippen LogP contribution is -2.09. The predicted octanol–water partition coefficient (Wildman–Crippen LogP) is 10.5. The molecular formula is C40H34N2. The molecule has 7 rings (SSSR count). The second-order valence-corrected chi connectivity index (χ2v) is 10.9. The van der Waals surface area contributed by atoms with Crippen molar-refractivity contribution in [3.63, 3.8) is 0 Å². The molecule has 1 aliphatic carbocycles. The average molecular weight is 543 g/mol. The summed E-state index contributed by atoms with van der Waals surface area (Å²) in [5.74, 6) is 0. The minimum Gasteiger partial charge on any atom is -0.309 e. The van der Waals surface area contributed by atoms with Gasteiger partial charge in [0.15, 0.2) is 0 Å². The molecule has 6 aromatic rings. The summed E-state index contributed by atoms with van der Waals surface area (Å²) in [6, 6.07) is 28.8. The summed E-state index contributed by atoms with van der Waals surface area (Å²) in [5.41, 5.74) is 14.0. The van der Waals surface area contributed by atoms with E-state index in [1.54, 1.807) is 0 Å². The van der Waals surface area contributed by atoms with E-state index < -0.39 is 0 Å². The molecule has 0 unspecified atom stereocenters. The van der Waals surface area contributed by atoms with Gasteiger partial charge in [-0.05, 0) is 97.5 Å². The van der Waals surface area contributed by atoms with E-state index in [4.69, 9.17) is 0 Å². The first-order chi connectivity index (χ1) is 20.7. The Morgan fingerprint density at radius 2 is 1.40 bits per heavy atom. The van der Waals surface area contributed by atoms with Crippen molar-refractivity contribution >= 4 is 50.6 Å². The van der Waals surface area contributed by atoms with Crippen molar-refractivity contribution < 1.29 is 0 Å². The normalized spacial score (nSPS) is 13.4. The second kappa shape index (κ2) is 10.4. The smallest absolute Gasteiger partial charge is 0.0544 e. The molecule has 0 amide bonds. The van der Waals surface area contributed by atoms with Gasteiger partial charge < -0.3 is 9.13 Å². The minimum absolute atomic E-state index is 0.904. The molecule has 1 aliphatic rings. The summed E-state index contributed by atoms with van der Waals surface area (Å²) < 4.78 is 4.74. The third-order valence-electron chi connectivity index (χ3n) is 8.62. The van der Waals surface area contributed by atoms with Crippen LogP contribution in [0.25, 0.3) is 56.2 Å². The SMILES string of the molecule is C=C/C=C(\C=C/C)n1c2ccccc2c2c3c(ccc21)Cc1c(ccc2c1c(/C=C\C)c(C=C)n2-c1ccccc1)C3. The maximum atomic E-state index is 4.24. The van der Waals surface area contributed by atoms with Crippen molar-refractivity contribution in [2.45, 2.75) is 26.7 Å². The van der Waals surface area contributed by atoms with Gasteiger partial charge in [0.1, 0.15) is 0 Å². The van der Waals surface area contributed by atoms with Gasteiger partial charge >= 0.3 is 0 Å². The number of benzene rings is 4. The highest BCUT2D eigenvalue weighted by Crippen LogP contribution is 2.43. The van der Waals surface area contributed by atoms with Gasteiger partial charge in [-0.25, -0.2) is 0 Å². The molecule has 4 aromatic carbocycles. The molecule has 2 nitrogen and oxygen atoms in total. The highest BCUT2D eigenvalue weighted by Gasteiger charge is 2.26. The molecule has 204 valence electrons. The Morgan fingerprint density at radius 1 is 0.714 bits per heavy atom. The Balaban J connectivity index is 1.50. The number of rotatable bonds is 6. The van der Waals surface area contributed by atoms with Gasteiger partial charge in [0, 0.05) is 33.1 Å². The summed E-state index contributed by atoms with van der Waals surface area (Å²) in [4.78, 5) is 0. The van der Waals surface area contributed by atoms with Crippen molar-refractivity contribution in [2.75, 3.05) is 0 Å². The van der Waals surface area contributed by atoms with E-state index in [-0.39, 0.29) is 0 Å². The van der Waals surface area contributed by atoms with E-state index >= 15 is 0 Å². The summed E-state index contributed by atoms with van der Waals surface area (Å²) in [5, 5.41) is 3.99. The van der Waals surface area contributed by atoms with Crippen LogP contribution in [-0.4, -0.2) is 9.13 Å². The Kier molecular flexibility index (Phi) is 6.40. The lowest BCUT2D eigenvalue weighted by Gasteiger charge is -2.22. The molecule has 2 heteroatoms. The first kappa shape index (κ1) is 25.9. The van der Waals surface area contributed by atoms with Gasteiger partial charge in [-0.2, -0.15) is 0 Å². The monoisotopic (exact) mass is 542 g/mol. The molecule has 2 aromatic heterocycles. The topological polar surface area (TPSA) is 9.86 Å². The van der Waals surface area contributed by atoms with E-state index in [2.05, 4.69) is 145 Å². The van der Waals surface area contributed by atoms with Gasteiger partial charge in [-0.1, -0.05) is 86.0 Å². The zero-order chi connectivity index (χ0) is 28.8. The fraction of sp³-hybridized carbons (Fsp3) is 0.100. The quantitative estimate of drug-likeness (QED) is 0.185. The van der Waals surface area contributed by atoms with Crippen LogP contribution in [0.1, 0.15) is 47.4 Å². The molecule has 0 radical (unpaired) electrons. The first-order valence-corrected chi connectivity index (χ1v) is 14.7. The minimum atomic E-state index is 0.904. The predicted molar refractivity (Wildman–Crippen MR) is 182 cm³/mol. The summed E-state index contributed by atoms with van der Waals surface area (Å²) in [6.45, 7) is 12.4. The second-order valence-electron chi connectivity index (χ2n) is 10.9. The molecule has 2 heterocycles. The summed E-state index contributed by atoms with van der Waals surface area (Å²) in [7, 11) is 0. The van der Waals surface area contributed by atoms with E-state index in [1.165, 1.54) is 60.5 Å². The standard InChI is InChI=1S/C40H34N2/c1-5-14-29(15-6-2)42-36-20-13-12-19-32(36)40-34-26-27-21-23-37-39(33(27)25-28(34)22-24-38(40)42)31(16-7-3)35(8-4)41(37)30-17-10-9-11-18-30/h5-24H,1,4,25-26H2,2-3H3/b15-6-,16-7-,29-14+. The van der Waals surface area contributed by atoms with Crippen molar-refractivity contribution in [1.29, 1.82) is 0 Å². The fourth-order valence-electron chi connectivity index (χ4n) is 7.00. The largest absolute Gasteiger partial charge is 0.309 e. The van der Waals surface area contributed by atoms with Crippen LogP contribution < -0.4 is 0 Å². The number of fused-ring (bicyclic) bond motifs is 8. The molecule has 0 saturated heterocycles. The number of hydrogen-bond acceptors (Lipinski definition) is 0. The lowest BCUT2D eigenvalue weighted by atomic mass is 9.82. The third-order valence-corrected chi connectivity index (χ3v) is 8.62. The van der Waals surface area contributed by atoms with Crippen molar-refractivity contribution in [2.24, 2.45) is 0 Å². The Bertz CT molecular complexity index is 2120. The highest BCUT2D eigenvalue weighted by atomic mass is 15.0. The molecule has 0 fully saturated rings. The van der Waals surface area contributed by atoms with Crippen LogP contribution in [0.2, 0.25) is 0 Å². The molecule has 0 bridgehead atoms. The number of para-hydroxylation sites is 2. The Hall–Kier alpha value is -5.08. The number of hydrogen-bond donors (Lipinski definition) is 0. The number of allylic oxidation sites excluding steroid dienone is 6. The van der Waals surface area contributed by atoms with Crippen LogP contribution in [0.5, 0.6) is 0 Å². The molecule has 0 atom stereocenters. The molecule has 0 spiro atoms. The lowest BCUT2D eigenvalue weighted by molar-refractivity contribution is 1.02.